The molecule has 5 heteroatoms. The Balaban J connectivity index is 1.66. The molecule has 24 heavy (non-hydrogen) atoms. The van der Waals surface area contributed by atoms with E-state index in [1.807, 2.05) is 24.3 Å². The Morgan fingerprint density at radius 3 is 2.46 bits per heavy atom. The molecule has 0 saturated heterocycles. The van der Waals surface area contributed by atoms with Gasteiger partial charge in [0.05, 0.1) is 11.3 Å². The molecule has 0 bridgehead atoms. The smallest absolute Gasteiger partial charge is 0.258 e. The summed E-state index contributed by atoms with van der Waals surface area (Å²) in [6.45, 7) is 1.12. The summed E-state index contributed by atoms with van der Waals surface area (Å²) >= 11 is 0. The second kappa shape index (κ2) is 5.77. The minimum Gasteiger partial charge on any atom is -0.507 e. The molecule has 2 heterocycles. The molecule has 0 fully saturated rings. The fraction of sp³-hybridized carbons (Fsp3) is 0.105. The SMILES string of the molecule is O=C(c1cc(-c2ccncn2)ccc1O)N1Cc2ccccc2C1. The van der Waals surface area contributed by atoms with E-state index in [4.69, 9.17) is 0 Å². The number of aromatic nitrogens is 2. The van der Waals surface area contributed by atoms with E-state index in [-0.39, 0.29) is 11.7 Å². The molecule has 0 saturated carbocycles. The van der Waals surface area contributed by atoms with Crippen molar-refractivity contribution in [3.8, 4) is 17.0 Å². The van der Waals surface area contributed by atoms with Crippen LogP contribution in [-0.4, -0.2) is 25.9 Å². The molecule has 0 spiro atoms. The highest BCUT2D eigenvalue weighted by Crippen LogP contribution is 2.29. The van der Waals surface area contributed by atoms with Crippen LogP contribution >= 0.6 is 0 Å². The summed E-state index contributed by atoms with van der Waals surface area (Å²) < 4.78 is 0. The first-order valence-corrected chi connectivity index (χ1v) is 7.68. The average Bonchev–Trinajstić information content (AvgIpc) is 3.06. The summed E-state index contributed by atoms with van der Waals surface area (Å²) in [7, 11) is 0. The zero-order chi connectivity index (χ0) is 16.5. The van der Waals surface area contributed by atoms with E-state index in [1.165, 1.54) is 12.4 Å². The van der Waals surface area contributed by atoms with Gasteiger partial charge in [-0.05, 0) is 35.4 Å². The van der Waals surface area contributed by atoms with Crippen molar-refractivity contribution in [1.82, 2.24) is 14.9 Å². The van der Waals surface area contributed by atoms with Crippen LogP contribution in [-0.2, 0) is 13.1 Å². The largest absolute Gasteiger partial charge is 0.507 e. The van der Waals surface area contributed by atoms with Gasteiger partial charge in [0.1, 0.15) is 12.1 Å². The van der Waals surface area contributed by atoms with Crippen molar-refractivity contribution in [2.75, 3.05) is 0 Å². The van der Waals surface area contributed by atoms with Gasteiger partial charge in [-0.2, -0.15) is 0 Å². The Hall–Kier alpha value is -3.21. The molecule has 0 radical (unpaired) electrons. The molecule has 0 atom stereocenters. The van der Waals surface area contributed by atoms with Gasteiger partial charge in [0, 0.05) is 24.8 Å². The third-order valence-electron chi connectivity index (χ3n) is 4.23. The molecule has 118 valence electrons. The topological polar surface area (TPSA) is 66.3 Å². The van der Waals surface area contributed by atoms with Crippen molar-refractivity contribution in [1.29, 1.82) is 0 Å². The average molecular weight is 317 g/mol. The summed E-state index contributed by atoms with van der Waals surface area (Å²) in [4.78, 5) is 22.7. The fourth-order valence-electron chi connectivity index (χ4n) is 2.98. The van der Waals surface area contributed by atoms with Crippen LogP contribution in [0.4, 0.5) is 0 Å². The lowest BCUT2D eigenvalue weighted by Gasteiger charge is -2.17. The van der Waals surface area contributed by atoms with Crippen LogP contribution in [0.3, 0.4) is 0 Å². The third kappa shape index (κ3) is 2.50. The number of rotatable bonds is 2. The van der Waals surface area contributed by atoms with Crippen molar-refractivity contribution in [2.45, 2.75) is 13.1 Å². The van der Waals surface area contributed by atoms with Crippen LogP contribution < -0.4 is 0 Å². The van der Waals surface area contributed by atoms with Gasteiger partial charge in [0.15, 0.2) is 0 Å². The number of hydrogen-bond donors (Lipinski definition) is 1. The number of amides is 1. The zero-order valence-electron chi connectivity index (χ0n) is 12.9. The minimum atomic E-state index is -0.181. The van der Waals surface area contributed by atoms with E-state index in [0.717, 1.165) is 16.7 Å². The van der Waals surface area contributed by atoms with Gasteiger partial charge >= 0.3 is 0 Å². The zero-order valence-corrected chi connectivity index (χ0v) is 12.9. The van der Waals surface area contributed by atoms with Gasteiger partial charge < -0.3 is 10.0 Å². The maximum atomic E-state index is 12.9. The summed E-state index contributed by atoms with van der Waals surface area (Å²) in [5.41, 5.74) is 4.08. The maximum Gasteiger partial charge on any atom is 0.258 e. The Kier molecular flexibility index (Phi) is 3.46. The number of benzene rings is 2. The Morgan fingerprint density at radius 2 is 1.79 bits per heavy atom. The van der Waals surface area contributed by atoms with Crippen molar-refractivity contribution >= 4 is 5.91 Å². The van der Waals surface area contributed by atoms with Gasteiger partial charge in [0.2, 0.25) is 0 Å². The van der Waals surface area contributed by atoms with Crippen LogP contribution in [0, 0.1) is 0 Å². The molecule has 0 unspecified atom stereocenters. The first kappa shape index (κ1) is 14.4. The Morgan fingerprint density at radius 1 is 1.04 bits per heavy atom. The number of hydrogen-bond acceptors (Lipinski definition) is 4. The van der Waals surface area contributed by atoms with Crippen LogP contribution in [0.2, 0.25) is 0 Å². The molecule has 1 N–H and O–H groups in total. The van der Waals surface area contributed by atoms with Crippen LogP contribution in [0.5, 0.6) is 5.75 Å². The number of phenols is 1. The maximum absolute atomic E-state index is 12.9. The first-order valence-electron chi connectivity index (χ1n) is 7.68. The summed E-state index contributed by atoms with van der Waals surface area (Å²) in [6, 6.07) is 14.7. The molecular weight excluding hydrogens is 302 g/mol. The van der Waals surface area contributed by atoms with Crippen LogP contribution in [0.25, 0.3) is 11.3 Å². The summed E-state index contributed by atoms with van der Waals surface area (Å²) in [5.74, 6) is -0.201. The van der Waals surface area contributed by atoms with Crippen molar-refractivity contribution < 1.29 is 9.90 Å². The number of fused-ring (bicyclic) bond motifs is 1. The molecule has 4 rings (SSSR count). The lowest BCUT2D eigenvalue weighted by molar-refractivity contribution is 0.0748. The lowest BCUT2D eigenvalue weighted by atomic mass is 10.1. The number of nitrogens with zero attached hydrogens (tertiary/aromatic N) is 3. The van der Waals surface area contributed by atoms with Crippen molar-refractivity contribution in [2.24, 2.45) is 0 Å². The van der Waals surface area contributed by atoms with E-state index in [2.05, 4.69) is 9.97 Å². The van der Waals surface area contributed by atoms with E-state index in [9.17, 15) is 9.90 Å². The number of phenolic OH excluding ortho intramolecular Hbond substituents is 1. The second-order valence-electron chi connectivity index (χ2n) is 5.76. The Labute approximate surface area is 139 Å². The molecule has 1 aliphatic rings. The van der Waals surface area contributed by atoms with Gasteiger partial charge in [0.25, 0.3) is 5.91 Å². The number of carbonyl (C=O) groups excluding carboxylic acids is 1. The van der Waals surface area contributed by atoms with Crippen LogP contribution in [0.1, 0.15) is 21.5 Å². The summed E-state index contributed by atoms with van der Waals surface area (Å²) in [5, 5.41) is 10.1. The van der Waals surface area contributed by atoms with E-state index in [1.54, 1.807) is 29.3 Å². The normalized spacial score (nSPS) is 12.9. The molecule has 0 aliphatic carbocycles. The molecule has 2 aromatic carbocycles. The molecule has 3 aromatic rings. The van der Waals surface area contributed by atoms with Crippen molar-refractivity contribution in [3.63, 3.8) is 0 Å². The first-order chi connectivity index (χ1) is 11.7. The molecular formula is C19H15N3O2. The lowest BCUT2D eigenvalue weighted by Crippen LogP contribution is -2.25. The number of carbonyl (C=O) groups is 1. The molecule has 5 nitrogen and oxygen atoms in total. The standard InChI is InChI=1S/C19H15N3O2/c23-18-6-5-13(17-7-8-20-12-21-17)9-16(18)19(24)22-10-14-3-1-2-4-15(14)11-22/h1-9,12,23H,10-11H2. The predicted molar refractivity (Wildman–Crippen MR) is 89.2 cm³/mol. The van der Waals surface area contributed by atoms with Gasteiger partial charge in [-0.3, -0.25) is 4.79 Å². The van der Waals surface area contributed by atoms with E-state index >= 15 is 0 Å². The second-order valence-corrected chi connectivity index (χ2v) is 5.76. The van der Waals surface area contributed by atoms with E-state index in [0.29, 0.717) is 24.3 Å². The fourth-order valence-corrected chi connectivity index (χ4v) is 2.98. The quantitative estimate of drug-likeness (QED) is 0.789. The monoisotopic (exact) mass is 317 g/mol. The molecule has 1 aliphatic heterocycles. The molecule has 1 aromatic heterocycles. The van der Waals surface area contributed by atoms with Gasteiger partial charge in [-0.25, -0.2) is 9.97 Å². The van der Waals surface area contributed by atoms with Crippen molar-refractivity contribution in [3.05, 3.63) is 77.7 Å². The minimum absolute atomic E-state index is 0.0197. The van der Waals surface area contributed by atoms with Crippen LogP contribution in [0.15, 0.2) is 61.1 Å². The predicted octanol–water partition coefficient (Wildman–Crippen LogP) is 3.01. The highest BCUT2D eigenvalue weighted by atomic mass is 16.3. The van der Waals surface area contributed by atoms with E-state index < -0.39 is 0 Å². The van der Waals surface area contributed by atoms with Gasteiger partial charge in [-0.1, -0.05) is 24.3 Å². The molecule has 1 amide bonds. The highest BCUT2D eigenvalue weighted by Gasteiger charge is 2.25. The summed E-state index contributed by atoms with van der Waals surface area (Å²) in [6.07, 6.45) is 3.11. The third-order valence-corrected chi connectivity index (χ3v) is 4.23. The highest BCUT2D eigenvalue weighted by molar-refractivity contribution is 5.98. The Bertz CT molecular complexity index is 884. The van der Waals surface area contributed by atoms with Gasteiger partial charge in [-0.15, -0.1) is 0 Å². The number of aromatic hydroxyl groups is 1.